The van der Waals surface area contributed by atoms with E-state index in [-0.39, 0.29) is 28.4 Å². The molecule has 1 heterocycles. The third-order valence-corrected chi connectivity index (χ3v) is 6.46. The first kappa shape index (κ1) is 26.5. The van der Waals surface area contributed by atoms with Gasteiger partial charge in [0.15, 0.2) is 0 Å². The highest BCUT2D eigenvalue weighted by atomic mass is 35.5. The van der Waals surface area contributed by atoms with Gasteiger partial charge in [-0.2, -0.15) is 0 Å². The van der Waals surface area contributed by atoms with E-state index in [0.29, 0.717) is 5.56 Å². The lowest BCUT2D eigenvalue weighted by Crippen LogP contribution is -2.46. The van der Waals surface area contributed by atoms with Crippen molar-refractivity contribution in [2.75, 3.05) is 4.90 Å². The highest BCUT2D eigenvalue weighted by molar-refractivity contribution is 6.32. The van der Waals surface area contributed by atoms with Gasteiger partial charge in [0.2, 0.25) is 5.91 Å². The van der Waals surface area contributed by atoms with E-state index in [4.69, 9.17) is 16.3 Å². The third-order valence-electron chi connectivity index (χ3n) is 6.14. The lowest BCUT2D eigenvalue weighted by Gasteiger charge is -2.33. The molecule has 1 saturated heterocycles. The number of rotatable bonds is 7. The van der Waals surface area contributed by atoms with Crippen molar-refractivity contribution in [2.24, 2.45) is 0 Å². The van der Waals surface area contributed by atoms with Gasteiger partial charge in [-0.3, -0.25) is 29.3 Å². The van der Waals surface area contributed by atoms with Crippen LogP contribution in [-0.4, -0.2) is 39.6 Å². The number of amides is 3. The Morgan fingerprint density at radius 2 is 1.74 bits per heavy atom. The molecule has 3 amide bonds. The van der Waals surface area contributed by atoms with E-state index >= 15 is 0 Å². The Kier molecular flexibility index (Phi) is 7.54. The van der Waals surface area contributed by atoms with Gasteiger partial charge < -0.3 is 9.64 Å². The fourth-order valence-electron chi connectivity index (χ4n) is 4.35. The van der Waals surface area contributed by atoms with Crippen LogP contribution in [0.4, 0.5) is 11.4 Å². The zero-order chi connectivity index (χ0) is 27.6. The number of imide groups is 1. The molecule has 0 aliphatic carbocycles. The SMILES string of the molecule is CC(=O)Oc1ccc(N2C(=O)CC(N(C(=O)c3ccc(Cl)c([N+](=O)[O-])c3)C(C)c3ccccc3)C2=O)cc1. The summed E-state index contributed by atoms with van der Waals surface area (Å²) in [5, 5.41) is 11.3. The number of hydrogen-bond donors (Lipinski definition) is 0. The molecule has 0 spiro atoms. The third kappa shape index (κ3) is 5.25. The smallest absolute Gasteiger partial charge is 0.308 e. The summed E-state index contributed by atoms with van der Waals surface area (Å²) in [5.41, 5.74) is 0.454. The van der Waals surface area contributed by atoms with Crippen LogP contribution in [0.1, 0.15) is 42.2 Å². The average molecular weight is 536 g/mol. The Morgan fingerprint density at radius 3 is 2.34 bits per heavy atom. The van der Waals surface area contributed by atoms with Crippen LogP contribution >= 0.6 is 11.6 Å². The molecule has 2 atom stereocenters. The van der Waals surface area contributed by atoms with Gasteiger partial charge in [0.1, 0.15) is 16.8 Å². The number of nitro groups is 1. The van der Waals surface area contributed by atoms with E-state index in [0.717, 1.165) is 11.0 Å². The van der Waals surface area contributed by atoms with Crippen molar-refractivity contribution in [2.45, 2.75) is 32.4 Å². The maximum Gasteiger partial charge on any atom is 0.308 e. The molecule has 4 rings (SSSR count). The highest BCUT2D eigenvalue weighted by Crippen LogP contribution is 2.34. The van der Waals surface area contributed by atoms with Crippen molar-refractivity contribution in [3.05, 3.63) is 99.1 Å². The molecule has 11 heteroatoms. The molecule has 0 N–H and O–H groups in total. The van der Waals surface area contributed by atoms with Crippen molar-refractivity contribution in [1.29, 1.82) is 0 Å². The molecule has 38 heavy (non-hydrogen) atoms. The Bertz CT molecular complexity index is 1430. The van der Waals surface area contributed by atoms with E-state index in [9.17, 15) is 29.3 Å². The minimum Gasteiger partial charge on any atom is -0.427 e. The number of carbonyl (C=O) groups is 4. The number of anilines is 1. The summed E-state index contributed by atoms with van der Waals surface area (Å²) in [6, 6.07) is 16.6. The summed E-state index contributed by atoms with van der Waals surface area (Å²) in [4.78, 5) is 64.6. The summed E-state index contributed by atoms with van der Waals surface area (Å²) < 4.78 is 5.00. The first-order valence-corrected chi connectivity index (χ1v) is 11.9. The normalized spacial score (nSPS) is 15.8. The Hall–Kier alpha value is -4.57. The molecular weight excluding hydrogens is 514 g/mol. The first-order chi connectivity index (χ1) is 18.1. The van der Waals surface area contributed by atoms with Gasteiger partial charge in [0.05, 0.1) is 23.1 Å². The van der Waals surface area contributed by atoms with Gasteiger partial charge in [0.25, 0.3) is 17.5 Å². The Balaban J connectivity index is 1.72. The second kappa shape index (κ2) is 10.8. The number of ether oxygens (including phenoxy) is 1. The van der Waals surface area contributed by atoms with Crippen LogP contribution in [0.3, 0.4) is 0 Å². The fourth-order valence-corrected chi connectivity index (χ4v) is 4.53. The van der Waals surface area contributed by atoms with Crippen molar-refractivity contribution < 1.29 is 28.8 Å². The van der Waals surface area contributed by atoms with Crippen LogP contribution in [0.2, 0.25) is 5.02 Å². The lowest BCUT2D eigenvalue weighted by atomic mass is 10.0. The average Bonchev–Trinajstić information content (AvgIpc) is 3.18. The molecule has 3 aromatic rings. The van der Waals surface area contributed by atoms with E-state index in [1.807, 2.05) is 0 Å². The first-order valence-electron chi connectivity index (χ1n) is 11.5. The summed E-state index contributed by atoms with van der Waals surface area (Å²) in [6.07, 6.45) is -0.289. The maximum absolute atomic E-state index is 13.8. The van der Waals surface area contributed by atoms with E-state index in [1.165, 1.54) is 48.2 Å². The van der Waals surface area contributed by atoms with Crippen LogP contribution in [-0.2, 0) is 14.4 Å². The molecular formula is C27H22ClN3O7. The quantitative estimate of drug-likeness (QED) is 0.141. The van der Waals surface area contributed by atoms with Crippen LogP contribution < -0.4 is 9.64 Å². The van der Waals surface area contributed by atoms with Crippen molar-refractivity contribution in [1.82, 2.24) is 4.90 Å². The molecule has 1 aliphatic rings. The predicted molar refractivity (Wildman–Crippen MR) is 138 cm³/mol. The summed E-state index contributed by atoms with van der Waals surface area (Å²) in [5.74, 6) is -2.09. The van der Waals surface area contributed by atoms with Gasteiger partial charge in [0, 0.05) is 18.6 Å². The molecule has 0 radical (unpaired) electrons. The second-order valence-electron chi connectivity index (χ2n) is 8.60. The zero-order valence-electron chi connectivity index (χ0n) is 20.4. The monoisotopic (exact) mass is 535 g/mol. The largest absolute Gasteiger partial charge is 0.427 e. The molecule has 3 aromatic carbocycles. The molecule has 0 saturated carbocycles. The molecule has 1 fully saturated rings. The molecule has 194 valence electrons. The number of esters is 1. The number of hydrogen-bond acceptors (Lipinski definition) is 7. The number of nitrogens with zero attached hydrogens (tertiary/aromatic N) is 3. The standard InChI is InChI=1S/C27H22ClN3O7/c1-16(18-6-4-3-5-7-18)29(26(34)19-8-13-22(28)23(14-19)31(36)37)24-15-25(33)30(27(24)35)20-9-11-21(12-10-20)38-17(2)32/h3-14,16,24H,15H2,1-2H3. The molecule has 0 aromatic heterocycles. The summed E-state index contributed by atoms with van der Waals surface area (Å²) in [6.45, 7) is 2.96. The molecule has 10 nitrogen and oxygen atoms in total. The van der Waals surface area contributed by atoms with E-state index in [2.05, 4.69) is 0 Å². The van der Waals surface area contributed by atoms with Gasteiger partial charge in [-0.15, -0.1) is 0 Å². The van der Waals surface area contributed by atoms with Crippen LogP contribution in [0.5, 0.6) is 5.75 Å². The summed E-state index contributed by atoms with van der Waals surface area (Å²) >= 11 is 5.93. The minimum absolute atomic E-state index is 0.0479. The Labute approximate surface area is 222 Å². The van der Waals surface area contributed by atoms with E-state index < -0.39 is 46.4 Å². The van der Waals surface area contributed by atoms with Gasteiger partial charge in [-0.25, -0.2) is 4.90 Å². The number of carbonyl (C=O) groups excluding carboxylic acids is 4. The lowest BCUT2D eigenvalue weighted by molar-refractivity contribution is -0.384. The minimum atomic E-state index is -1.17. The summed E-state index contributed by atoms with van der Waals surface area (Å²) in [7, 11) is 0. The van der Waals surface area contributed by atoms with Crippen LogP contribution in [0.15, 0.2) is 72.8 Å². The molecule has 2 unspecified atom stereocenters. The highest BCUT2D eigenvalue weighted by Gasteiger charge is 2.46. The number of benzene rings is 3. The Morgan fingerprint density at radius 1 is 1.08 bits per heavy atom. The maximum atomic E-state index is 13.8. The van der Waals surface area contributed by atoms with Crippen LogP contribution in [0.25, 0.3) is 0 Å². The fraction of sp³-hybridized carbons (Fsp3) is 0.185. The van der Waals surface area contributed by atoms with Crippen molar-refractivity contribution in [3.63, 3.8) is 0 Å². The molecule has 0 bridgehead atoms. The number of halogens is 1. The van der Waals surface area contributed by atoms with Crippen molar-refractivity contribution in [3.8, 4) is 5.75 Å². The van der Waals surface area contributed by atoms with Gasteiger partial charge >= 0.3 is 5.97 Å². The van der Waals surface area contributed by atoms with E-state index in [1.54, 1.807) is 37.3 Å². The topological polar surface area (TPSA) is 127 Å². The second-order valence-corrected chi connectivity index (χ2v) is 9.00. The molecule has 1 aliphatic heterocycles. The van der Waals surface area contributed by atoms with Gasteiger partial charge in [-0.05, 0) is 48.9 Å². The van der Waals surface area contributed by atoms with Gasteiger partial charge in [-0.1, -0.05) is 41.9 Å². The van der Waals surface area contributed by atoms with Crippen LogP contribution in [0, 0.1) is 10.1 Å². The zero-order valence-corrected chi connectivity index (χ0v) is 21.1. The predicted octanol–water partition coefficient (Wildman–Crippen LogP) is 4.71. The number of nitro benzene ring substituents is 1. The van der Waals surface area contributed by atoms with Crippen molar-refractivity contribution >= 4 is 46.7 Å².